The smallest absolute Gasteiger partial charge is 0.161 e. The van der Waals surface area contributed by atoms with Crippen molar-refractivity contribution >= 4 is 17.3 Å². The zero-order valence-electron chi connectivity index (χ0n) is 15.1. The predicted octanol–water partition coefficient (Wildman–Crippen LogP) is 5.59. The van der Waals surface area contributed by atoms with Gasteiger partial charge in [0.25, 0.3) is 0 Å². The van der Waals surface area contributed by atoms with Crippen LogP contribution in [0.5, 0.6) is 11.5 Å². The van der Waals surface area contributed by atoms with Crippen LogP contribution < -0.4 is 14.8 Å². The maximum absolute atomic E-state index is 6.45. The summed E-state index contributed by atoms with van der Waals surface area (Å²) in [5.41, 5.74) is 4.05. The van der Waals surface area contributed by atoms with E-state index in [4.69, 9.17) is 25.8 Å². The van der Waals surface area contributed by atoms with Gasteiger partial charge in [0.05, 0.1) is 14.2 Å². The lowest BCUT2D eigenvalue weighted by Crippen LogP contribution is -2.25. The molecule has 2 atom stereocenters. The summed E-state index contributed by atoms with van der Waals surface area (Å²) in [5, 5.41) is 4.14. The van der Waals surface area contributed by atoms with Crippen LogP contribution in [0.4, 0.5) is 5.69 Å². The quantitative estimate of drug-likeness (QED) is 0.639. The zero-order chi connectivity index (χ0) is 18.8. The van der Waals surface area contributed by atoms with Crippen LogP contribution >= 0.6 is 11.6 Å². The van der Waals surface area contributed by atoms with Crippen LogP contribution in [0.15, 0.2) is 66.7 Å². The maximum atomic E-state index is 6.45. The molecule has 0 saturated carbocycles. The monoisotopic (exact) mass is 381 g/mol. The first kappa shape index (κ1) is 17.7. The lowest BCUT2D eigenvalue weighted by Gasteiger charge is -2.34. The van der Waals surface area contributed by atoms with E-state index in [2.05, 4.69) is 17.4 Å². The van der Waals surface area contributed by atoms with Crippen molar-refractivity contribution < 1.29 is 14.2 Å². The summed E-state index contributed by atoms with van der Waals surface area (Å²) >= 11 is 6.24. The van der Waals surface area contributed by atoms with E-state index in [1.54, 1.807) is 14.2 Å². The van der Waals surface area contributed by atoms with Gasteiger partial charge in [0.2, 0.25) is 0 Å². The Bertz CT molecular complexity index is 946. The molecule has 1 heterocycles. The van der Waals surface area contributed by atoms with Crippen molar-refractivity contribution in [2.24, 2.45) is 0 Å². The van der Waals surface area contributed by atoms with Crippen LogP contribution in [-0.2, 0) is 4.74 Å². The molecule has 0 aromatic heterocycles. The number of nitrogens with one attached hydrogen (secondary N) is 1. The van der Waals surface area contributed by atoms with E-state index in [0.717, 1.165) is 22.4 Å². The number of methoxy groups -OCH3 is 2. The molecule has 138 valence electrons. The maximum Gasteiger partial charge on any atom is 0.161 e. The van der Waals surface area contributed by atoms with Crippen LogP contribution in [0.1, 0.15) is 29.0 Å². The highest BCUT2D eigenvalue weighted by Crippen LogP contribution is 2.43. The Kier molecular flexibility index (Phi) is 4.92. The van der Waals surface area contributed by atoms with E-state index in [0.29, 0.717) is 16.5 Å². The summed E-state index contributed by atoms with van der Waals surface area (Å²) in [5.74, 6) is 1.35. The van der Waals surface area contributed by atoms with E-state index in [-0.39, 0.29) is 12.3 Å². The Labute approximate surface area is 163 Å². The SMILES string of the molecule is COc1ccc([C@@H]2Nc3ccc(Cl)cc3[C@H](c3ccccc3)O2)cc1OC. The molecule has 0 radical (unpaired) electrons. The minimum Gasteiger partial charge on any atom is -0.493 e. The molecule has 1 aliphatic heterocycles. The van der Waals surface area contributed by atoms with Gasteiger partial charge in [-0.05, 0) is 35.9 Å². The zero-order valence-corrected chi connectivity index (χ0v) is 15.9. The highest BCUT2D eigenvalue weighted by atomic mass is 35.5. The summed E-state index contributed by atoms with van der Waals surface area (Å²) in [4.78, 5) is 0. The van der Waals surface area contributed by atoms with E-state index >= 15 is 0 Å². The summed E-state index contributed by atoms with van der Waals surface area (Å²) < 4.78 is 17.2. The van der Waals surface area contributed by atoms with Gasteiger partial charge in [-0.15, -0.1) is 0 Å². The van der Waals surface area contributed by atoms with Crippen molar-refractivity contribution in [2.45, 2.75) is 12.3 Å². The Morgan fingerprint density at radius 3 is 2.37 bits per heavy atom. The van der Waals surface area contributed by atoms with E-state index in [9.17, 15) is 0 Å². The van der Waals surface area contributed by atoms with Crippen molar-refractivity contribution in [3.63, 3.8) is 0 Å². The van der Waals surface area contributed by atoms with Crippen molar-refractivity contribution in [3.8, 4) is 11.5 Å². The Morgan fingerprint density at radius 1 is 0.852 bits per heavy atom. The van der Waals surface area contributed by atoms with Gasteiger partial charge in [0.15, 0.2) is 17.7 Å². The van der Waals surface area contributed by atoms with E-state index in [1.807, 2.05) is 54.6 Å². The van der Waals surface area contributed by atoms with Gasteiger partial charge in [-0.2, -0.15) is 0 Å². The lowest BCUT2D eigenvalue weighted by atomic mass is 9.97. The molecule has 4 nitrogen and oxygen atoms in total. The molecular formula is C22H20ClNO3. The van der Waals surface area contributed by atoms with Crippen LogP contribution in [-0.4, -0.2) is 14.2 Å². The highest BCUT2D eigenvalue weighted by molar-refractivity contribution is 6.30. The third-order valence-electron chi connectivity index (χ3n) is 4.67. The molecule has 0 bridgehead atoms. The molecule has 3 aromatic rings. The minimum absolute atomic E-state index is 0.223. The fourth-order valence-electron chi connectivity index (χ4n) is 3.33. The van der Waals surface area contributed by atoms with Gasteiger partial charge in [-0.1, -0.05) is 48.0 Å². The molecule has 1 aliphatic rings. The molecule has 4 rings (SSSR count). The molecule has 0 fully saturated rings. The van der Waals surface area contributed by atoms with Crippen molar-refractivity contribution in [2.75, 3.05) is 19.5 Å². The lowest BCUT2D eigenvalue weighted by molar-refractivity contribution is 0.0156. The van der Waals surface area contributed by atoms with Gasteiger partial charge in [-0.3, -0.25) is 0 Å². The summed E-state index contributed by atoms with van der Waals surface area (Å²) in [7, 11) is 3.25. The largest absolute Gasteiger partial charge is 0.493 e. The molecule has 0 saturated heterocycles. The molecule has 5 heteroatoms. The normalized spacial score (nSPS) is 18.3. The number of halogens is 1. The Balaban J connectivity index is 1.76. The van der Waals surface area contributed by atoms with Gasteiger partial charge >= 0.3 is 0 Å². The van der Waals surface area contributed by atoms with Crippen LogP contribution in [0.3, 0.4) is 0 Å². The number of benzene rings is 3. The third-order valence-corrected chi connectivity index (χ3v) is 4.90. The van der Waals surface area contributed by atoms with E-state index < -0.39 is 0 Å². The molecule has 0 spiro atoms. The van der Waals surface area contributed by atoms with Crippen LogP contribution in [0.2, 0.25) is 5.02 Å². The number of rotatable bonds is 4. The van der Waals surface area contributed by atoms with Crippen molar-refractivity contribution in [1.29, 1.82) is 0 Å². The summed E-state index contributed by atoms with van der Waals surface area (Å²) in [6.45, 7) is 0. The Morgan fingerprint density at radius 2 is 1.63 bits per heavy atom. The molecular weight excluding hydrogens is 362 g/mol. The molecule has 0 unspecified atom stereocenters. The third kappa shape index (κ3) is 3.46. The second-order valence-corrected chi connectivity index (χ2v) is 6.73. The van der Waals surface area contributed by atoms with Crippen LogP contribution in [0.25, 0.3) is 0 Å². The number of hydrogen-bond donors (Lipinski definition) is 1. The standard InChI is InChI=1S/C22H20ClNO3/c1-25-19-11-8-15(12-20(19)26-2)22-24-18-10-9-16(23)13-17(18)21(27-22)14-6-4-3-5-7-14/h3-13,21-22,24H,1-2H3/t21-,22+/m0/s1. The average molecular weight is 382 g/mol. The average Bonchev–Trinajstić information content (AvgIpc) is 2.73. The topological polar surface area (TPSA) is 39.7 Å². The second kappa shape index (κ2) is 7.51. The summed E-state index contributed by atoms with van der Waals surface area (Å²) in [6, 6.07) is 21.7. The number of ether oxygens (including phenoxy) is 3. The highest BCUT2D eigenvalue weighted by Gasteiger charge is 2.30. The first-order valence-electron chi connectivity index (χ1n) is 8.68. The van der Waals surface area contributed by atoms with Gasteiger partial charge in [-0.25, -0.2) is 0 Å². The first-order chi connectivity index (χ1) is 13.2. The summed E-state index contributed by atoms with van der Waals surface area (Å²) in [6.07, 6.45) is -0.553. The predicted molar refractivity (Wildman–Crippen MR) is 107 cm³/mol. The van der Waals surface area contributed by atoms with Crippen molar-refractivity contribution in [3.05, 3.63) is 88.4 Å². The molecule has 3 aromatic carbocycles. The Hall–Kier alpha value is -2.69. The van der Waals surface area contributed by atoms with Gasteiger partial charge < -0.3 is 19.5 Å². The van der Waals surface area contributed by atoms with Crippen LogP contribution in [0, 0.1) is 0 Å². The van der Waals surface area contributed by atoms with Gasteiger partial charge in [0, 0.05) is 21.8 Å². The second-order valence-electron chi connectivity index (χ2n) is 6.30. The fourth-order valence-corrected chi connectivity index (χ4v) is 3.51. The molecule has 27 heavy (non-hydrogen) atoms. The molecule has 0 amide bonds. The molecule has 0 aliphatic carbocycles. The number of anilines is 1. The fraction of sp³-hybridized carbons (Fsp3) is 0.182. The number of hydrogen-bond acceptors (Lipinski definition) is 4. The van der Waals surface area contributed by atoms with Gasteiger partial charge in [0.1, 0.15) is 6.10 Å². The first-order valence-corrected chi connectivity index (χ1v) is 9.05. The minimum atomic E-state index is -0.330. The molecule has 1 N–H and O–H groups in total. The number of fused-ring (bicyclic) bond motifs is 1. The van der Waals surface area contributed by atoms with E-state index in [1.165, 1.54) is 0 Å². The van der Waals surface area contributed by atoms with Crippen molar-refractivity contribution in [1.82, 2.24) is 0 Å².